The predicted octanol–water partition coefficient (Wildman–Crippen LogP) is 4.49. The molecule has 5 unspecified atom stereocenters. The number of hydrogen-bond donors (Lipinski definition) is 9. The minimum atomic E-state index is -1.68. The number of methoxy groups -OCH3 is 1. The van der Waals surface area contributed by atoms with Crippen molar-refractivity contribution in [1.82, 2.24) is 57.7 Å². The Bertz CT molecular complexity index is 2790. The molecule has 1 aliphatic heterocycles. The summed E-state index contributed by atoms with van der Waals surface area (Å²) in [5, 5.41) is 25.5. The van der Waals surface area contributed by atoms with Gasteiger partial charge in [0, 0.05) is 43.5 Å². The van der Waals surface area contributed by atoms with Crippen molar-refractivity contribution in [3.05, 3.63) is 40.2 Å². The van der Waals surface area contributed by atoms with Crippen LogP contribution in [0.15, 0.2) is 33.5 Å². The van der Waals surface area contributed by atoms with Crippen molar-refractivity contribution in [1.29, 1.82) is 0 Å². The van der Waals surface area contributed by atoms with Crippen LogP contribution in [0.1, 0.15) is 191 Å². The number of nitrogens with zero attached hydrogens (tertiary/aromatic N) is 2. The Morgan fingerprint density at radius 2 is 1.16 bits per heavy atom. The summed E-state index contributed by atoms with van der Waals surface area (Å²) in [6.45, 7) is 24.7. The van der Waals surface area contributed by atoms with Crippen LogP contribution in [0, 0.1) is 17.8 Å². The summed E-state index contributed by atoms with van der Waals surface area (Å²) in [6.07, 6.45) is 6.73. The van der Waals surface area contributed by atoms with Crippen molar-refractivity contribution in [3.63, 3.8) is 0 Å². The zero-order valence-electron chi connectivity index (χ0n) is 55.5. The standard InChI is InChI=1S/C64H105N11O13/c1-18-19-20-21-22-23-25-45(67-56(81)49-26-24-31-75(49)57(82)44-35-42-27-28-43(87-17)36-50(42)88-58(44)83)52(77)68-47(33-39(4)5)54(79)71-63(11,12)60(85)70-46(32-38(2)3)53(78)69-48(34-40(6)7)55(80)72-64(13,14)61(86)73-62(9,10)59(84)65-30-29-51(76)66-41(8)37-74(15)16/h27-28,35-36,38-41,45-49H,18-26,29-34,37H2,1-17H3,(H,65,84)(H,66,76)(H,67,81)(H,68,77)(H,69,78)(H,70,85)(H,71,79)(H,72,80)(H,73,86)/t41?,45?,46?,47?,48?,49-/m0/s1. The Morgan fingerprint density at radius 1 is 0.636 bits per heavy atom. The minimum absolute atomic E-state index is 0.0192. The summed E-state index contributed by atoms with van der Waals surface area (Å²) in [4.78, 5) is 156. The molecule has 0 spiro atoms. The van der Waals surface area contributed by atoms with Gasteiger partial charge >= 0.3 is 5.63 Å². The summed E-state index contributed by atoms with van der Waals surface area (Å²) in [7, 11) is 5.26. The highest BCUT2D eigenvalue weighted by atomic mass is 16.5. The van der Waals surface area contributed by atoms with Gasteiger partial charge in [-0.05, 0) is 137 Å². The van der Waals surface area contributed by atoms with Crippen LogP contribution in [0.2, 0.25) is 0 Å². The van der Waals surface area contributed by atoms with E-state index in [2.05, 4.69) is 54.8 Å². The quantitative estimate of drug-likeness (QED) is 0.0336. The first-order chi connectivity index (χ1) is 41.0. The average Bonchev–Trinajstić information content (AvgIpc) is 1.75. The SMILES string of the molecule is CCCCCCCCC(NC(=O)[C@@H]1CCCN1C(=O)c1cc2ccc(OC)cc2oc1=O)C(=O)NC(CC(C)C)C(=O)NC(C)(C)C(=O)NC(CC(C)C)C(=O)NC(CC(C)C)C(=O)NC(C)(C)C(=O)NC(C)(C)C(=O)NCCC(=O)NC(C)CN(C)C. The van der Waals surface area contributed by atoms with Gasteiger partial charge in [-0.15, -0.1) is 0 Å². The van der Waals surface area contributed by atoms with Crippen molar-refractivity contribution < 1.29 is 57.1 Å². The van der Waals surface area contributed by atoms with Crippen LogP contribution < -0.4 is 58.2 Å². The van der Waals surface area contributed by atoms with Crippen LogP contribution >= 0.6 is 0 Å². The molecular formula is C64H105N11O13. The lowest BCUT2D eigenvalue weighted by Crippen LogP contribution is -2.65. The topological polar surface area (TPSA) is 325 Å². The van der Waals surface area contributed by atoms with Gasteiger partial charge in [-0.1, -0.05) is 87.0 Å². The fourth-order valence-corrected chi connectivity index (χ4v) is 10.3. The number of ether oxygens (including phenoxy) is 1. The van der Waals surface area contributed by atoms with Crippen LogP contribution in [0.5, 0.6) is 5.75 Å². The first-order valence-corrected chi connectivity index (χ1v) is 31.4. The van der Waals surface area contributed by atoms with E-state index >= 15 is 0 Å². The number of benzene rings is 1. The highest BCUT2D eigenvalue weighted by molar-refractivity contribution is 6.02. The lowest BCUT2D eigenvalue weighted by molar-refractivity contribution is -0.139. The van der Waals surface area contributed by atoms with Gasteiger partial charge in [0.1, 0.15) is 63.7 Å². The normalized spacial score (nSPS) is 15.4. The minimum Gasteiger partial charge on any atom is -0.497 e. The number of likely N-dealkylation sites (tertiary alicyclic amines) is 1. The van der Waals surface area contributed by atoms with Crippen molar-refractivity contribution >= 4 is 70.0 Å². The predicted molar refractivity (Wildman–Crippen MR) is 338 cm³/mol. The van der Waals surface area contributed by atoms with Gasteiger partial charge in [0.15, 0.2) is 0 Å². The number of carbonyl (C=O) groups excluding carboxylic acids is 10. The maximum atomic E-state index is 14.5. The zero-order chi connectivity index (χ0) is 66.4. The van der Waals surface area contributed by atoms with Gasteiger partial charge in [0.05, 0.1) is 7.11 Å². The monoisotopic (exact) mass is 1240 g/mol. The Morgan fingerprint density at radius 3 is 1.70 bits per heavy atom. The maximum absolute atomic E-state index is 14.5. The van der Waals surface area contributed by atoms with Gasteiger partial charge < -0.3 is 66.8 Å². The molecule has 2 aromatic rings. The molecule has 0 bridgehead atoms. The summed E-state index contributed by atoms with van der Waals surface area (Å²) < 4.78 is 10.7. The highest BCUT2D eigenvalue weighted by Crippen LogP contribution is 2.25. The summed E-state index contributed by atoms with van der Waals surface area (Å²) in [5.74, 6) is -6.21. The molecule has 0 aliphatic carbocycles. The van der Waals surface area contributed by atoms with Crippen molar-refractivity contribution in [2.45, 2.75) is 233 Å². The van der Waals surface area contributed by atoms with E-state index in [1.807, 2.05) is 67.5 Å². The summed E-state index contributed by atoms with van der Waals surface area (Å²) >= 11 is 0. The van der Waals surface area contributed by atoms with E-state index in [0.717, 1.165) is 32.1 Å². The third kappa shape index (κ3) is 24.1. The smallest absolute Gasteiger partial charge is 0.349 e. The molecule has 0 saturated carbocycles. The number of fused-ring (bicyclic) bond motifs is 1. The fourth-order valence-electron chi connectivity index (χ4n) is 10.3. The van der Waals surface area contributed by atoms with Gasteiger partial charge in [0.2, 0.25) is 53.2 Å². The third-order valence-electron chi connectivity index (χ3n) is 15.2. The molecule has 1 saturated heterocycles. The Balaban J connectivity index is 1.77. The van der Waals surface area contributed by atoms with E-state index in [4.69, 9.17) is 9.15 Å². The van der Waals surface area contributed by atoms with Crippen LogP contribution in [0.25, 0.3) is 11.0 Å². The molecule has 2 heterocycles. The number of carbonyl (C=O) groups is 10. The molecule has 0 radical (unpaired) electrons. The van der Waals surface area contributed by atoms with Crippen LogP contribution in [0.4, 0.5) is 0 Å². The lowest BCUT2D eigenvalue weighted by Gasteiger charge is -2.34. The zero-order valence-corrected chi connectivity index (χ0v) is 55.5. The van der Waals surface area contributed by atoms with E-state index < -0.39 is 106 Å². The highest BCUT2D eigenvalue weighted by Gasteiger charge is 2.42. The number of nitrogens with one attached hydrogen (secondary N) is 9. The number of likely N-dealkylation sites (N-methyl/N-ethyl adjacent to an activating group) is 1. The molecule has 1 aromatic heterocycles. The Kier molecular flexibility index (Phi) is 29.5. The molecule has 24 heteroatoms. The van der Waals surface area contributed by atoms with E-state index in [0.29, 0.717) is 30.5 Å². The van der Waals surface area contributed by atoms with Crippen LogP contribution in [0.3, 0.4) is 0 Å². The van der Waals surface area contributed by atoms with E-state index in [1.54, 1.807) is 12.1 Å². The fraction of sp³-hybridized carbons (Fsp3) is 0.703. The van der Waals surface area contributed by atoms with Gasteiger partial charge in [-0.2, -0.15) is 0 Å². The van der Waals surface area contributed by atoms with Crippen molar-refractivity contribution in [3.8, 4) is 5.75 Å². The molecular weight excluding hydrogens is 1130 g/mol. The van der Waals surface area contributed by atoms with E-state index in [1.165, 1.54) is 65.7 Å². The number of amides is 10. The van der Waals surface area contributed by atoms with Gasteiger partial charge in [-0.25, -0.2) is 4.79 Å². The van der Waals surface area contributed by atoms with Gasteiger partial charge in [0.25, 0.3) is 5.91 Å². The molecule has 88 heavy (non-hydrogen) atoms. The first-order valence-electron chi connectivity index (χ1n) is 31.4. The molecule has 9 N–H and O–H groups in total. The third-order valence-corrected chi connectivity index (χ3v) is 15.2. The molecule has 10 amide bonds. The number of rotatable bonds is 36. The summed E-state index contributed by atoms with van der Waals surface area (Å²) in [6, 6.07) is 0.474. The van der Waals surface area contributed by atoms with E-state index in [-0.39, 0.29) is 92.5 Å². The Labute approximate surface area is 520 Å². The molecule has 1 aliphatic rings. The molecule has 24 nitrogen and oxygen atoms in total. The number of unbranched alkanes of at least 4 members (excludes halogenated alkanes) is 5. The maximum Gasteiger partial charge on any atom is 0.349 e. The van der Waals surface area contributed by atoms with Crippen molar-refractivity contribution in [2.24, 2.45) is 17.8 Å². The second-order valence-electron chi connectivity index (χ2n) is 26.7. The largest absolute Gasteiger partial charge is 0.497 e. The first kappa shape index (κ1) is 75.1. The molecule has 494 valence electrons. The second kappa shape index (κ2) is 34.6. The molecule has 1 fully saturated rings. The Hall–Kier alpha value is -7.11. The number of hydrogen-bond acceptors (Lipinski definition) is 14. The molecule has 1 aromatic carbocycles. The molecule has 6 atom stereocenters. The average molecular weight is 1240 g/mol. The molecule has 3 rings (SSSR count). The van der Waals surface area contributed by atoms with Crippen molar-refractivity contribution in [2.75, 3.05) is 40.8 Å². The lowest BCUT2D eigenvalue weighted by atomic mass is 9.96. The second-order valence-corrected chi connectivity index (χ2v) is 26.7. The van der Waals surface area contributed by atoms with Gasteiger partial charge in [-0.3, -0.25) is 47.9 Å². The van der Waals surface area contributed by atoms with Crippen LogP contribution in [-0.2, 0) is 43.2 Å². The van der Waals surface area contributed by atoms with E-state index in [9.17, 15) is 52.7 Å². The summed E-state index contributed by atoms with van der Waals surface area (Å²) in [5.41, 5.74) is -5.63. The van der Waals surface area contributed by atoms with Crippen LogP contribution in [-0.4, -0.2) is 163 Å².